The van der Waals surface area contributed by atoms with Crippen LogP contribution in [0.4, 0.5) is 0 Å². The van der Waals surface area contributed by atoms with Gasteiger partial charge in [-0.05, 0) is 59.2 Å². The van der Waals surface area contributed by atoms with Crippen LogP contribution in [0, 0.1) is 0 Å². The minimum atomic E-state index is -0.301. The van der Waals surface area contributed by atoms with Crippen molar-refractivity contribution in [3.8, 4) is 0 Å². The van der Waals surface area contributed by atoms with Gasteiger partial charge in [-0.3, -0.25) is 9.59 Å². The summed E-state index contributed by atoms with van der Waals surface area (Å²) in [6.07, 6.45) is 7.06. The van der Waals surface area contributed by atoms with Gasteiger partial charge in [0.15, 0.2) is 0 Å². The van der Waals surface area contributed by atoms with Crippen molar-refractivity contribution >= 4 is 52.4 Å². The van der Waals surface area contributed by atoms with Crippen LogP contribution in [0.2, 0.25) is 10.0 Å². The second-order valence-electron chi connectivity index (χ2n) is 8.92. The highest BCUT2D eigenvalue weighted by Crippen LogP contribution is 2.41. The van der Waals surface area contributed by atoms with Crippen LogP contribution >= 0.6 is 34.5 Å². The highest BCUT2D eigenvalue weighted by Gasteiger charge is 2.34. The van der Waals surface area contributed by atoms with Gasteiger partial charge in [0, 0.05) is 34.1 Å². The van der Waals surface area contributed by atoms with Crippen molar-refractivity contribution in [1.82, 2.24) is 9.80 Å². The lowest BCUT2D eigenvalue weighted by Gasteiger charge is -2.38. The summed E-state index contributed by atoms with van der Waals surface area (Å²) in [5.74, 6) is -0.238. The van der Waals surface area contributed by atoms with Gasteiger partial charge < -0.3 is 9.80 Å². The molecule has 0 aliphatic carbocycles. The molecule has 1 atom stereocenters. The van der Waals surface area contributed by atoms with E-state index in [1.807, 2.05) is 41.3 Å². The van der Waals surface area contributed by atoms with Crippen LogP contribution in [0.5, 0.6) is 0 Å². The van der Waals surface area contributed by atoms with E-state index in [0.29, 0.717) is 23.1 Å². The predicted molar refractivity (Wildman–Crippen MR) is 150 cm³/mol. The topological polar surface area (TPSA) is 40.6 Å². The second-order valence-corrected chi connectivity index (χ2v) is 10.8. The van der Waals surface area contributed by atoms with Gasteiger partial charge in [-0.15, -0.1) is 11.3 Å². The van der Waals surface area contributed by atoms with Crippen LogP contribution in [-0.2, 0) is 16.0 Å². The Morgan fingerprint density at radius 1 is 1.08 bits per heavy atom. The number of amides is 2. The molecule has 0 spiro atoms. The van der Waals surface area contributed by atoms with Gasteiger partial charge in [-0.1, -0.05) is 79.4 Å². The smallest absolute Gasteiger partial charge is 0.247 e. The molecule has 3 aromatic rings. The summed E-state index contributed by atoms with van der Waals surface area (Å²) in [5, 5.41) is 3.15. The highest BCUT2D eigenvalue weighted by molar-refractivity contribution is 7.10. The third kappa shape index (κ3) is 6.39. The first-order valence-electron chi connectivity index (χ1n) is 12.3. The molecule has 4 rings (SSSR count). The zero-order valence-electron chi connectivity index (χ0n) is 20.3. The number of unbranched alkanes of at least 4 members (excludes halogenated alkanes) is 2. The van der Waals surface area contributed by atoms with Crippen LogP contribution < -0.4 is 0 Å². The Morgan fingerprint density at radius 3 is 2.64 bits per heavy atom. The average molecular weight is 542 g/mol. The lowest BCUT2D eigenvalue weighted by molar-refractivity contribution is -0.139. The van der Waals surface area contributed by atoms with E-state index in [-0.39, 0.29) is 24.4 Å². The molecular weight excluding hydrogens is 511 g/mol. The van der Waals surface area contributed by atoms with Gasteiger partial charge in [0.05, 0.1) is 6.04 Å². The first kappa shape index (κ1) is 26.5. The molecule has 188 valence electrons. The third-order valence-electron chi connectivity index (χ3n) is 6.43. The highest BCUT2D eigenvalue weighted by atomic mass is 35.5. The number of rotatable bonds is 9. The fraction of sp³-hybridized carbons (Fsp3) is 0.310. The Labute approximate surface area is 227 Å². The Balaban J connectivity index is 1.58. The first-order valence-corrected chi connectivity index (χ1v) is 13.9. The number of benzene rings is 2. The van der Waals surface area contributed by atoms with E-state index in [4.69, 9.17) is 23.2 Å². The zero-order valence-corrected chi connectivity index (χ0v) is 22.7. The molecule has 1 aliphatic heterocycles. The largest absolute Gasteiger partial charge is 0.330 e. The molecule has 0 N–H and O–H groups in total. The molecule has 4 nitrogen and oxygen atoms in total. The fourth-order valence-corrected chi connectivity index (χ4v) is 5.97. The molecule has 2 heterocycles. The molecule has 0 bridgehead atoms. The molecule has 7 heteroatoms. The zero-order chi connectivity index (χ0) is 25.5. The molecule has 1 unspecified atom stereocenters. The molecule has 2 aromatic carbocycles. The number of thiophene rings is 1. The number of hydrogen-bond acceptors (Lipinski definition) is 3. The minimum Gasteiger partial charge on any atom is -0.330 e. The summed E-state index contributed by atoms with van der Waals surface area (Å²) < 4.78 is 0. The van der Waals surface area contributed by atoms with Gasteiger partial charge in [-0.2, -0.15) is 0 Å². The van der Waals surface area contributed by atoms with E-state index in [9.17, 15) is 9.59 Å². The molecule has 36 heavy (non-hydrogen) atoms. The average Bonchev–Trinajstić information content (AvgIpc) is 3.36. The summed E-state index contributed by atoms with van der Waals surface area (Å²) in [6, 6.07) is 16.9. The van der Waals surface area contributed by atoms with Crippen molar-refractivity contribution < 1.29 is 9.59 Å². The van der Waals surface area contributed by atoms with E-state index < -0.39 is 0 Å². The van der Waals surface area contributed by atoms with Gasteiger partial charge in [0.25, 0.3) is 0 Å². The lowest BCUT2D eigenvalue weighted by atomic mass is 9.93. The Kier molecular flexibility index (Phi) is 9.24. The van der Waals surface area contributed by atoms with Crippen LogP contribution in [0.25, 0.3) is 6.08 Å². The van der Waals surface area contributed by atoms with E-state index in [0.717, 1.165) is 42.4 Å². The molecule has 0 fully saturated rings. The van der Waals surface area contributed by atoms with Crippen molar-refractivity contribution in [2.75, 3.05) is 19.6 Å². The molecule has 0 radical (unpaired) electrons. The van der Waals surface area contributed by atoms with Gasteiger partial charge in [-0.25, -0.2) is 0 Å². The molecule has 0 saturated carbocycles. The Hall–Kier alpha value is -2.60. The van der Waals surface area contributed by atoms with Crippen molar-refractivity contribution in [3.63, 3.8) is 0 Å². The number of halogens is 2. The van der Waals surface area contributed by atoms with Gasteiger partial charge >= 0.3 is 0 Å². The number of carbonyl (C=O) groups excluding carboxylic acids is 2. The van der Waals surface area contributed by atoms with Gasteiger partial charge in [0.1, 0.15) is 6.54 Å². The Bertz CT molecular complexity index is 1230. The maximum Gasteiger partial charge on any atom is 0.247 e. The minimum absolute atomic E-state index is 0.0306. The molecular formula is C29H30Cl2N2O2S. The monoisotopic (exact) mass is 540 g/mol. The van der Waals surface area contributed by atoms with Crippen molar-refractivity contribution in [1.29, 1.82) is 0 Å². The van der Waals surface area contributed by atoms with Crippen LogP contribution in [0.3, 0.4) is 0 Å². The van der Waals surface area contributed by atoms with Gasteiger partial charge in [0.2, 0.25) is 11.8 Å². The van der Waals surface area contributed by atoms with Crippen LogP contribution in [0.15, 0.2) is 66.1 Å². The predicted octanol–water partition coefficient (Wildman–Crippen LogP) is 7.26. The number of nitrogens with zero attached hydrogens (tertiary/aromatic N) is 2. The SMILES string of the molecule is CCCCCN(CC(=O)N1CCc2sccc2C1c1ccc(Cl)cc1Cl)C(=O)C=Cc1ccccc1. The van der Waals surface area contributed by atoms with E-state index >= 15 is 0 Å². The maximum absolute atomic E-state index is 13.8. The van der Waals surface area contributed by atoms with Crippen LogP contribution in [-0.4, -0.2) is 41.2 Å². The molecule has 1 aromatic heterocycles. The van der Waals surface area contributed by atoms with E-state index in [1.54, 1.807) is 40.5 Å². The summed E-state index contributed by atoms with van der Waals surface area (Å²) in [4.78, 5) is 31.7. The standard InChI is InChI=1S/C29H30Cl2N2O2S/c1-2-3-7-16-32(27(34)13-10-21-8-5-4-6-9-21)20-28(35)33-17-14-26-24(15-18-36-26)29(33)23-12-11-22(30)19-25(23)31/h4-6,8-13,15,18-19,29H,2-3,7,14,16-17,20H2,1H3. The van der Waals surface area contributed by atoms with Crippen LogP contribution in [0.1, 0.15) is 53.8 Å². The summed E-state index contributed by atoms with van der Waals surface area (Å²) >= 11 is 14.5. The summed E-state index contributed by atoms with van der Waals surface area (Å²) in [6.45, 7) is 3.27. The van der Waals surface area contributed by atoms with Crippen molar-refractivity contribution in [2.24, 2.45) is 0 Å². The fourth-order valence-electron chi connectivity index (χ4n) is 4.55. The first-order chi connectivity index (χ1) is 17.5. The maximum atomic E-state index is 13.8. The number of fused-ring (bicyclic) bond motifs is 1. The molecule has 0 saturated heterocycles. The quantitative estimate of drug-likeness (QED) is 0.211. The number of carbonyl (C=O) groups is 2. The number of hydrogen-bond donors (Lipinski definition) is 0. The van der Waals surface area contributed by atoms with Crippen molar-refractivity contribution in [2.45, 2.75) is 38.6 Å². The second kappa shape index (κ2) is 12.6. The third-order valence-corrected chi connectivity index (χ3v) is 7.99. The van der Waals surface area contributed by atoms with E-state index in [1.165, 1.54) is 4.88 Å². The summed E-state index contributed by atoms with van der Waals surface area (Å²) in [5.41, 5.74) is 2.89. The van der Waals surface area contributed by atoms with Crippen molar-refractivity contribution in [3.05, 3.63) is 97.7 Å². The lowest BCUT2D eigenvalue weighted by Crippen LogP contribution is -2.46. The van der Waals surface area contributed by atoms with E-state index in [2.05, 4.69) is 18.4 Å². The normalized spacial score (nSPS) is 15.2. The molecule has 1 aliphatic rings. The Morgan fingerprint density at radius 2 is 1.89 bits per heavy atom. The molecule has 2 amide bonds. The summed E-state index contributed by atoms with van der Waals surface area (Å²) in [7, 11) is 0.